The molecule has 6 aromatic rings. The highest BCUT2D eigenvalue weighted by atomic mass is 79.9. The number of nitrogens with zero attached hydrogens (tertiary/aromatic N) is 4. The first-order chi connectivity index (χ1) is 25.2. The Morgan fingerprint density at radius 3 is 2.47 bits per heavy atom. The first kappa shape index (κ1) is 37.8. The van der Waals surface area contributed by atoms with Crippen LogP contribution >= 0.6 is 27.3 Å². The van der Waals surface area contributed by atoms with Crippen LogP contribution in [0.3, 0.4) is 0 Å². The quantitative estimate of drug-likeness (QED) is 0.113. The molecule has 3 aromatic heterocycles. The maximum absolute atomic E-state index is 13.7. The molecule has 3 heterocycles. The SMILES string of the molecule is COc1ccccc1-c1nccc(COc2ccc(O[Si](C)(C)C(C)(C)C)cc2CC(Oc2ncnc3sc(-c4ccc(F)cc4)c(Br)c23)C(=O)O)n1. The number of methoxy groups -OCH3 is 1. The molecule has 3 aromatic carbocycles. The van der Waals surface area contributed by atoms with Gasteiger partial charge in [0.1, 0.15) is 40.8 Å². The highest BCUT2D eigenvalue weighted by Crippen LogP contribution is 2.45. The molecule has 0 aliphatic carbocycles. The van der Waals surface area contributed by atoms with Gasteiger partial charge in [-0.1, -0.05) is 45.0 Å². The van der Waals surface area contributed by atoms with Gasteiger partial charge in [-0.05, 0) is 88.2 Å². The van der Waals surface area contributed by atoms with Crippen molar-refractivity contribution in [2.24, 2.45) is 0 Å². The van der Waals surface area contributed by atoms with E-state index >= 15 is 0 Å². The summed E-state index contributed by atoms with van der Waals surface area (Å²) >= 11 is 5.00. The van der Waals surface area contributed by atoms with Crippen LogP contribution < -0.4 is 18.6 Å². The van der Waals surface area contributed by atoms with E-state index in [0.29, 0.717) is 49.0 Å². The summed E-state index contributed by atoms with van der Waals surface area (Å²) in [7, 11) is -0.655. The second-order valence-corrected chi connectivity index (χ2v) is 20.3. The Bertz CT molecular complexity index is 2260. The van der Waals surface area contributed by atoms with Crippen LogP contribution in [0.2, 0.25) is 18.1 Å². The van der Waals surface area contributed by atoms with Crippen LogP contribution in [0, 0.1) is 5.82 Å². The van der Waals surface area contributed by atoms with Crippen LogP contribution in [-0.2, 0) is 17.8 Å². The lowest BCUT2D eigenvalue weighted by molar-refractivity contribution is -0.145. The average Bonchev–Trinajstić information content (AvgIpc) is 3.47. The van der Waals surface area contributed by atoms with Crippen molar-refractivity contribution >= 4 is 51.8 Å². The first-order valence-electron chi connectivity index (χ1n) is 16.7. The number of benzene rings is 3. The van der Waals surface area contributed by atoms with Gasteiger partial charge in [-0.15, -0.1) is 11.3 Å². The van der Waals surface area contributed by atoms with Crippen molar-refractivity contribution in [2.45, 2.75) is 58.0 Å². The summed E-state index contributed by atoms with van der Waals surface area (Å²) in [5.41, 5.74) is 2.68. The van der Waals surface area contributed by atoms with Crippen molar-refractivity contribution < 1.29 is 32.9 Å². The number of carboxylic acid groups (broad SMARTS) is 1. The molecule has 1 N–H and O–H groups in total. The largest absolute Gasteiger partial charge is 0.543 e. The van der Waals surface area contributed by atoms with E-state index in [1.807, 2.05) is 36.4 Å². The summed E-state index contributed by atoms with van der Waals surface area (Å²) < 4.78 is 38.9. The molecule has 0 saturated heterocycles. The number of hydrogen-bond acceptors (Lipinski definition) is 10. The van der Waals surface area contributed by atoms with Crippen LogP contribution in [-0.4, -0.2) is 52.5 Å². The number of fused-ring (bicyclic) bond motifs is 1. The Morgan fingerprint density at radius 2 is 1.75 bits per heavy atom. The zero-order valence-corrected chi connectivity index (χ0v) is 33.4. The number of ether oxygens (including phenoxy) is 3. The number of thiophene rings is 1. The van der Waals surface area contributed by atoms with E-state index in [2.05, 4.69) is 64.7 Å². The molecule has 0 aliphatic rings. The lowest BCUT2D eigenvalue weighted by Crippen LogP contribution is -2.43. The fraction of sp³-hybridized carbons (Fsp3) is 0.256. The molecule has 0 radical (unpaired) electrons. The summed E-state index contributed by atoms with van der Waals surface area (Å²) in [6, 6.07) is 20.8. The molecule has 6 rings (SSSR count). The van der Waals surface area contributed by atoms with E-state index in [4.69, 9.17) is 23.6 Å². The van der Waals surface area contributed by atoms with Crippen LogP contribution in [0.25, 0.3) is 32.0 Å². The number of aliphatic carboxylic acids is 1. The molecule has 0 aliphatic heterocycles. The standard InChI is InChI=1S/C39H38BrFN4O6SSi/c1-39(2,3)53(5,6)51-27-15-16-29(49-21-26-17-18-42-35(45-26)28-9-7-8-10-30(28)48-4)24(19-27)20-31(38(46)47)50-36-32-33(40)34(52-37(32)44-22-43-36)23-11-13-25(41)14-12-23/h7-19,22,31H,20-21H2,1-6H3,(H,46,47). The maximum atomic E-state index is 13.7. The Kier molecular flexibility index (Phi) is 11.1. The van der Waals surface area contributed by atoms with Gasteiger partial charge in [-0.25, -0.2) is 29.1 Å². The summed E-state index contributed by atoms with van der Waals surface area (Å²) in [5.74, 6) is 0.740. The van der Waals surface area contributed by atoms with Gasteiger partial charge in [0.25, 0.3) is 0 Å². The molecule has 0 fully saturated rings. The highest BCUT2D eigenvalue weighted by molar-refractivity contribution is 9.10. The zero-order valence-electron chi connectivity index (χ0n) is 30.0. The normalized spacial score (nSPS) is 12.4. The predicted octanol–water partition coefficient (Wildman–Crippen LogP) is 9.76. The third-order valence-corrected chi connectivity index (χ3v) is 15.6. The Morgan fingerprint density at radius 1 is 1.00 bits per heavy atom. The van der Waals surface area contributed by atoms with Crippen molar-refractivity contribution in [1.29, 1.82) is 0 Å². The lowest BCUT2D eigenvalue weighted by atomic mass is 10.1. The van der Waals surface area contributed by atoms with Crippen molar-refractivity contribution in [3.63, 3.8) is 0 Å². The Balaban J connectivity index is 1.32. The van der Waals surface area contributed by atoms with Gasteiger partial charge in [0.15, 0.2) is 5.82 Å². The number of para-hydroxylation sites is 1. The van der Waals surface area contributed by atoms with Crippen LogP contribution in [0.4, 0.5) is 4.39 Å². The molecule has 0 saturated carbocycles. The predicted molar refractivity (Wildman–Crippen MR) is 209 cm³/mol. The van der Waals surface area contributed by atoms with Crippen LogP contribution in [0.1, 0.15) is 32.0 Å². The second-order valence-electron chi connectivity index (χ2n) is 13.8. The van der Waals surface area contributed by atoms with Gasteiger partial charge in [0, 0.05) is 18.2 Å². The van der Waals surface area contributed by atoms with Crippen molar-refractivity contribution in [3.8, 4) is 45.0 Å². The van der Waals surface area contributed by atoms with Crippen LogP contribution in [0.15, 0.2) is 89.8 Å². The number of carboxylic acids is 1. The third-order valence-electron chi connectivity index (χ3n) is 9.08. The minimum Gasteiger partial charge on any atom is -0.543 e. The maximum Gasteiger partial charge on any atom is 0.345 e. The van der Waals surface area contributed by atoms with Gasteiger partial charge >= 0.3 is 5.97 Å². The van der Waals surface area contributed by atoms with E-state index in [9.17, 15) is 14.3 Å². The molecule has 10 nitrogen and oxygen atoms in total. The molecular weight excluding hydrogens is 780 g/mol. The van der Waals surface area contributed by atoms with Crippen molar-refractivity contribution in [2.75, 3.05) is 7.11 Å². The molecule has 14 heteroatoms. The van der Waals surface area contributed by atoms with E-state index in [1.54, 1.807) is 37.6 Å². The fourth-order valence-electron chi connectivity index (χ4n) is 5.22. The Hall–Kier alpha value is -4.92. The topological polar surface area (TPSA) is 126 Å². The molecule has 1 unspecified atom stereocenters. The summed E-state index contributed by atoms with van der Waals surface area (Å²) in [6.45, 7) is 10.8. The number of carbonyl (C=O) groups is 1. The minimum atomic E-state index is -2.25. The van der Waals surface area contributed by atoms with Gasteiger partial charge in [-0.2, -0.15) is 0 Å². The average molecular weight is 818 g/mol. The number of rotatable bonds is 13. The van der Waals surface area contributed by atoms with Gasteiger partial charge in [-0.3, -0.25) is 0 Å². The summed E-state index contributed by atoms with van der Waals surface area (Å²) in [4.78, 5) is 32.1. The smallest absolute Gasteiger partial charge is 0.345 e. The van der Waals surface area contributed by atoms with Crippen LogP contribution in [0.5, 0.6) is 23.1 Å². The number of aromatic nitrogens is 4. The minimum absolute atomic E-state index is 0.0692. The molecule has 1 atom stereocenters. The third kappa shape index (κ3) is 8.50. The monoisotopic (exact) mass is 816 g/mol. The molecule has 274 valence electrons. The first-order valence-corrected chi connectivity index (χ1v) is 21.2. The fourth-order valence-corrected chi connectivity index (χ4v) is 8.23. The van der Waals surface area contributed by atoms with E-state index in [-0.39, 0.29) is 29.8 Å². The van der Waals surface area contributed by atoms with Gasteiger partial charge in [0.2, 0.25) is 20.3 Å². The lowest BCUT2D eigenvalue weighted by Gasteiger charge is -2.36. The zero-order chi connectivity index (χ0) is 37.9. The van der Waals surface area contributed by atoms with E-state index in [0.717, 1.165) is 16.0 Å². The molecular formula is C39H38BrFN4O6SSi. The number of hydrogen-bond donors (Lipinski definition) is 1. The molecule has 0 spiro atoms. The summed E-state index contributed by atoms with van der Waals surface area (Å²) in [6.07, 6.45) is 1.55. The Labute approximate surface area is 320 Å². The summed E-state index contributed by atoms with van der Waals surface area (Å²) in [5, 5.41) is 10.9. The van der Waals surface area contributed by atoms with E-state index < -0.39 is 20.4 Å². The highest BCUT2D eigenvalue weighted by Gasteiger charge is 2.39. The van der Waals surface area contributed by atoms with Crippen molar-refractivity contribution in [1.82, 2.24) is 19.9 Å². The van der Waals surface area contributed by atoms with E-state index in [1.165, 1.54) is 29.8 Å². The second kappa shape index (κ2) is 15.6. The van der Waals surface area contributed by atoms with Gasteiger partial charge < -0.3 is 23.7 Å². The number of halogens is 2. The molecule has 0 amide bonds. The molecule has 0 bridgehead atoms. The molecule has 53 heavy (non-hydrogen) atoms. The van der Waals surface area contributed by atoms with Gasteiger partial charge in [0.05, 0.1) is 33.1 Å². The van der Waals surface area contributed by atoms with Crippen molar-refractivity contribution in [3.05, 3.63) is 107 Å².